The first-order chi connectivity index (χ1) is 9.13. The lowest BCUT2D eigenvalue weighted by atomic mass is 9.95. The molecule has 0 amide bonds. The Morgan fingerprint density at radius 3 is 2.00 bits per heavy atom. The Hall–Kier alpha value is -1.63. The van der Waals surface area contributed by atoms with E-state index in [1.807, 2.05) is 19.1 Å². The van der Waals surface area contributed by atoms with Crippen molar-refractivity contribution >= 4 is 0 Å². The van der Waals surface area contributed by atoms with Crippen LogP contribution in [0.25, 0.3) is 0 Å². The van der Waals surface area contributed by atoms with Crippen molar-refractivity contribution in [3.05, 3.63) is 71.4 Å². The molecule has 0 aliphatic rings. The quantitative estimate of drug-likeness (QED) is 0.501. The zero-order valence-corrected chi connectivity index (χ0v) is 13.7. The van der Waals surface area contributed by atoms with E-state index in [9.17, 15) is 4.39 Å². The van der Waals surface area contributed by atoms with E-state index in [-0.39, 0.29) is 0 Å². The second kappa shape index (κ2) is 7.84. The maximum absolute atomic E-state index is 14.0. The zero-order chi connectivity index (χ0) is 15.9. The van der Waals surface area contributed by atoms with Crippen LogP contribution in [0, 0.1) is 0 Å². The molecule has 0 saturated carbocycles. The van der Waals surface area contributed by atoms with Gasteiger partial charge in [0.2, 0.25) is 0 Å². The van der Waals surface area contributed by atoms with Crippen LogP contribution in [0.5, 0.6) is 0 Å². The molecular formula is C19H27F. The van der Waals surface area contributed by atoms with Crippen LogP contribution in [0.3, 0.4) is 0 Å². The average molecular weight is 274 g/mol. The second-order valence-electron chi connectivity index (χ2n) is 5.56. The van der Waals surface area contributed by atoms with Gasteiger partial charge in [0.25, 0.3) is 0 Å². The highest BCUT2D eigenvalue weighted by Crippen LogP contribution is 2.25. The van der Waals surface area contributed by atoms with Gasteiger partial charge >= 0.3 is 0 Å². The molecule has 0 aliphatic heterocycles. The maximum Gasteiger partial charge on any atom is 0.130 e. The third-order valence-corrected chi connectivity index (χ3v) is 3.22. The molecular weight excluding hydrogens is 247 g/mol. The predicted molar refractivity (Wildman–Crippen MR) is 89.6 cm³/mol. The van der Waals surface area contributed by atoms with Crippen molar-refractivity contribution in [1.82, 2.24) is 0 Å². The molecule has 0 atom stereocenters. The molecule has 0 aromatic rings. The fourth-order valence-corrected chi connectivity index (χ4v) is 1.54. The Morgan fingerprint density at radius 1 is 1.10 bits per heavy atom. The molecule has 0 unspecified atom stereocenters. The molecule has 0 nitrogen and oxygen atoms in total. The normalized spacial score (nSPS) is 13.6. The summed E-state index contributed by atoms with van der Waals surface area (Å²) in [5, 5.41) is 0. The minimum absolute atomic E-state index is 0.626. The summed E-state index contributed by atoms with van der Waals surface area (Å²) in [6.07, 6.45) is 9.25. The summed E-state index contributed by atoms with van der Waals surface area (Å²) in [7, 11) is 0. The topological polar surface area (TPSA) is 0 Å². The fraction of sp³-hybridized carbons (Fsp3) is 0.368. The molecule has 0 bridgehead atoms. The largest absolute Gasteiger partial charge is 0.239 e. The first kappa shape index (κ1) is 18.4. The van der Waals surface area contributed by atoms with Crippen molar-refractivity contribution < 1.29 is 4.39 Å². The van der Waals surface area contributed by atoms with E-state index >= 15 is 0 Å². The van der Waals surface area contributed by atoms with Crippen molar-refractivity contribution in [2.24, 2.45) is 0 Å². The number of hydrogen-bond donors (Lipinski definition) is 0. The van der Waals surface area contributed by atoms with E-state index in [4.69, 9.17) is 0 Å². The number of halogens is 1. The number of alkyl halides is 1. The summed E-state index contributed by atoms with van der Waals surface area (Å²) in [5.74, 6) is 0. The standard InChI is InChI=1S/C19H27F/c1-9-17(13-18(10-2)19(7,8)20)16(6)12-11-15(5)14(3)4/h9-13H,1,6H2,2-5,7-8H3/b12-11-,17-13+,18-10+. The van der Waals surface area contributed by atoms with Gasteiger partial charge in [-0.25, -0.2) is 4.39 Å². The van der Waals surface area contributed by atoms with Gasteiger partial charge in [0.1, 0.15) is 5.67 Å². The van der Waals surface area contributed by atoms with Crippen molar-refractivity contribution in [2.75, 3.05) is 0 Å². The van der Waals surface area contributed by atoms with E-state index in [0.29, 0.717) is 5.57 Å². The van der Waals surface area contributed by atoms with Crippen LogP contribution in [0.2, 0.25) is 0 Å². The molecule has 0 fully saturated rings. The van der Waals surface area contributed by atoms with Crippen LogP contribution in [0.15, 0.2) is 71.4 Å². The molecule has 0 spiro atoms. The van der Waals surface area contributed by atoms with Crippen molar-refractivity contribution in [2.45, 2.75) is 47.2 Å². The smallest absolute Gasteiger partial charge is 0.130 e. The Morgan fingerprint density at radius 2 is 1.65 bits per heavy atom. The van der Waals surface area contributed by atoms with Crippen LogP contribution in [0.4, 0.5) is 4.39 Å². The minimum Gasteiger partial charge on any atom is -0.239 e. The molecule has 0 rings (SSSR count). The third-order valence-electron chi connectivity index (χ3n) is 3.22. The Bertz CT molecular complexity index is 484. The summed E-state index contributed by atoms with van der Waals surface area (Å²) in [5.41, 5.74) is 3.37. The number of rotatable bonds is 6. The highest BCUT2D eigenvalue weighted by Gasteiger charge is 2.19. The molecule has 0 saturated heterocycles. The lowest BCUT2D eigenvalue weighted by molar-refractivity contribution is 0.273. The van der Waals surface area contributed by atoms with E-state index in [2.05, 4.69) is 33.9 Å². The Kier molecular flexibility index (Phi) is 7.20. The highest BCUT2D eigenvalue weighted by molar-refractivity contribution is 5.49. The summed E-state index contributed by atoms with van der Waals surface area (Å²) in [4.78, 5) is 0. The Balaban J connectivity index is 5.36. The summed E-state index contributed by atoms with van der Waals surface area (Å²) in [6, 6.07) is 0. The van der Waals surface area contributed by atoms with Gasteiger partial charge < -0.3 is 0 Å². The lowest BCUT2D eigenvalue weighted by Gasteiger charge is -2.16. The molecule has 0 N–H and O–H groups in total. The van der Waals surface area contributed by atoms with Gasteiger partial charge in [-0.3, -0.25) is 0 Å². The predicted octanol–water partition coefficient (Wildman–Crippen LogP) is 6.26. The fourth-order valence-electron chi connectivity index (χ4n) is 1.54. The van der Waals surface area contributed by atoms with Gasteiger partial charge in [-0.15, -0.1) is 0 Å². The van der Waals surface area contributed by atoms with Crippen LogP contribution in [-0.4, -0.2) is 5.67 Å². The van der Waals surface area contributed by atoms with Gasteiger partial charge in [-0.05, 0) is 64.3 Å². The summed E-state index contributed by atoms with van der Waals surface area (Å²) in [6.45, 7) is 18.9. The number of hydrogen-bond acceptors (Lipinski definition) is 0. The number of allylic oxidation sites excluding steroid dienone is 10. The first-order valence-corrected chi connectivity index (χ1v) is 6.84. The van der Waals surface area contributed by atoms with Gasteiger partial charge in [0, 0.05) is 0 Å². The Labute approximate surface area is 123 Å². The molecule has 20 heavy (non-hydrogen) atoms. The maximum atomic E-state index is 14.0. The van der Waals surface area contributed by atoms with Crippen molar-refractivity contribution in [3.8, 4) is 0 Å². The zero-order valence-electron chi connectivity index (χ0n) is 13.7. The van der Waals surface area contributed by atoms with Gasteiger partial charge in [-0.2, -0.15) is 0 Å². The summed E-state index contributed by atoms with van der Waals surface area (Å²) < 4.78 is 14.0. The van der Waals surface area contributed by atoms with Crippen LogP contribution in [0.1, 0.15) is 41.5 Å². The first-order valence-electron chi connectivity index (χ1n) is 6.84. The van der Waals surface area contributed by atoms with Gasteiger partial charge in [0.05, 0.1) is 0 Å². The van der Waals surface area contributed by atoms with E-state index < -0.39 is 5.67 Å². The summed E-state index contributed by atoms with van der Waals surface area (Å²) >= 11 is 0. The van der Waals surface area contributed by atoms with Crippen LogP contribution in [-0.2, 0) is 0 Å². The molecule has 0 aromatic carbocycles. The van der Waals surface area contributed by atoms with E-state index in [0.717, 1.165) is 11.1 Å². The monoisotopic (exact) mass is 274 g/mol. The average Bonchev–Trinajstić information content (AvgIpc) is 2.35. The third kappa shape index (κ3) is 6.01. The van der Waals surface area contributed by atoms with Crippen LogP contribution < -0.4 is 0 Å². The highest BCUT2D eigenvalue weighted by atomic mass is 19.1. The van der Waals surface area contributed by atoms with E-state index in [1.165, 1.54) is 11.1 Å². The van der Waals surface area contributed by atoms with Gasteiger partial charge in [0.15, 0.2) is 0 Å². The molecule has 0 aliphatic carbocycles. The molecule has 0 heterocycles. The SMILES string of the molecule is C=C/C(=C\C(=C/C)C(C)(C)F)C(=C)/C=C\C(C)=C(C)C. The van der Waals surface area contributed by atoms with E-state index in [1.54, 1.807) is 32.1 Å². The van der Waals surface area contributed by atoms with Crippen LogP contribution >= 0.6 is 0 Å². The minimum atomic E-state index is -1.37. The molecule has 0 aromatic heterocycles. The second-order valence-corrected chi connectivity index (χ2v) is 5.56. The molecule has 0 radical (unpaired) electrons. The van der Waals surface area contributed by atoms with Crippen molar-refractivity contribution in [3.63, 3.8) is 0 Å². The van der Waals surface area contributed by atoms with Gasteiger partial charge in [-0.1, -0.05) is 48.6 Å². The molecule has 110 valence electrons. The lowest BCUT2D eigenvalue weighted by Crippen LogP contribution is -2.14. The molecule has 1 heteroatoms. The van der Waals surface area contributed by atoms with Crippen molar-refractivity contribution in [1.29, 1.82) is 0 Å².